The number of hydrogen-bond donors (Lipinski definition) is 3. The number of aromatic nitrogens is 2. The van der Waals surface area contributed by atoms with Crippen LogP contribution in [0.3, 0.4) is 0 Å². The van der Waals surface area contributed by atoms with Gasteiger partial charge >= 0.3 is 0 Å². The number of rotatable bonds is 6. The van der Waals surface area contributed by atoms with E-state index in [-0.39, 0.29) is 36.2 Å². The minimum Gasteiger partial charge on any atom is -0.391 e. The summed E-state index contributed by atoms with van der Waals surface area (Å²) in [4.78, 5) is 27.9. The summed E-state index contributed by atoms with van der Waals surface area (Å²) in [6.45, 7) is 10.1. The second-order valence-electron chi connectivity index (χ2n) is 10.1. The first-order chi connectivity index (χ1) is 15.4. The van der Waals surface area contributed by atoms with E-state index in [1.54, 1.807) is 7.05 Å². The summed E-state index contributed by atoms with van der Waals surface area (Å²) in [5.41, 5.74) is 3.87. The van der Waals surface area contributed by atoms with Crippen LogP contribution in [0.2, 0.25) is 0 Å². The molecule has 0 radical (unpaired) electrons. The number of aryl methyl sites for hydroxylation is 2. The quantitative estimate of drug-likeness (QED) is 0.620. The molecule has 0 spiro atoms. The molecule has 3 N–H and O–H groups in total. The molecule has 0 bridgehead atoms. The van der Waals surface area contributed by atoms with Crippen molar-refractivity contribution >= 4 is 11.8 Å². The molecule has 8 nitrogen and oxygen atoms in total. The van der Waals surface area contributed by atoms with Crippen LogP contribution in [0.4, 0.5) is 0 Å². The molecular weight excluding hydrogens is 418 g/mol. The number of aliphatic hydroxyl groups is 1. The number of likely N-dealkylation sites (tertiary alicyclic amines) is 1. The van der Waals surface area contributed by atoms with E-state index in [1.165, 1.54) is 4.90 Å². The van der Waals surface area contributed by atoms with Gasteiger partial charge in [-0.3, -0.25) is 14.3 Å². The Hall–Kier alpha value is -2.71. The molecule has 3 rings (SSSR count). The fourth-order valence-electron chi connectivity index (χ4n) is 4.68. The van der Waals surface area contributed by atoms with Gasteiger partial charge in [0.25, 0.3) is 0 Å². The molecule has 1 fully saturated rings. The molecule has 1 aliphatic rings. The van der Waals surface area contributed by atoms with Crippen LogP contribution in [0.1, 0.15) is 51.3 Å². The van der Waals surface area contributed by atoms with Crippen LogP contribution in [0.25, 0.3) is 11.3 Å². The molecule has 8 heteroatoms. The third kappa shape index (κ3) is 5.28. The molecule has 2 amide bonds. The molecule has 1 saturated heterocycles. The molecule has 1 aliphatic heterocycles. The van der Waals surface area contributed by atoms with Crippen molar-refractivity contribution < 1.29 is 14.7 Å². The van der Waals surface area contributed by atoms with Gasteiger partial charge in [-0.05, 0) is 37.4 Å². The number of benzene rings is 1. The SMILES string of the molecule is CNC(C(=O)N1C[C@H](O)C[C@H]1C(=O)N[C@@H](C)c1ccc(-c2c(C)cnn2C)cc1)C(C)(C)C. The summed E-state index contributed by atoms with van der Waals surface area (Å²) in [7, 11) is 3.66. The van der Waals surface area contributed by atoms with Crippen molar-refractivity contribution in [2.75, 3.05) is 13.6 Å². The highest BCUT2D eigenvalue weighted by Gasteiger charge is 2.43. The van der Waals surface area contributed by atoms with Crippen LogP contribution in [0.5, 0.6) is 0 Å². The van der Waals surface area contributed by atoms with E-state index in [0.717, 1.165) is 22.4 Å². The van der Waals surface area contributed by atoms with Crippen LogP contribution in [0, 0.1) is 12.3 Å². The molecule has 4 atom stereocenters. The molecule has 2 heterocycles. The zero-order chi connectivity index (χ0) is 24.5. The lowest BCUT2D eigenvalue weighted by Gasteiger charge is -2.34. The summed E-state index contributed by atoms with van der Waals surface area (Å²) in [6, 6.07) is 6.67. The Morgan fingerprint density at radius 3 is 2.36 bits per heavy atom. The van der Waals surface area contributed by atoms with Crippen molar-refractivity contribution in [1.82, 2.24) is 25.3 Å². The summed E-state index contributed by atoms with van der Waals surface area (Å²) in [5.74, 6) is -0.409. The van der Waals surface area contributed by atoms with Gasteiger partial charge in [-0.2, -0.15) is 5.10 Å². The van der Waals surface area contributed by atoms with Crippen LogP contribution in [-0.2, 0) is 16.6 Å². The van der Waals surface area contributed by atoms with Gasteiger partial charge in [-0.15, -0.1) is 0 Å². The zero-order valence-electron chi connectivity index (χ0n) is 20.7. The van der Waals surface area contributed by atoms with Gasteiger partial charge in [-0.1, -0.05) is 45.0 Å². The number of carbonyl (C=O) groups excluding carboxylic acids is 2. The van der Waals surface area contributed by atoms with Crippen molar-refractivity contribution in [2.45, 2.75) is 65.3 Å². The number of amides is 2. The molecule has 0 aliphatic carbocycles. The Morgan fingerprint density at radius 1 is 1.21 bits per heavy atom. The number of nitrogens with one attached hydrogen (secondary N) is 2. The molecule has 1 unspecified atom stereocenters. The van der Waals surface area contributed by atoms with Crippen LogP contribution >= 0.6 is 0 Å². The van der Waals surface area contributed by atoms with Crippen molar-refractivity contribution in [3.63, 3.8) is 0 Å². The smallest absolute Gasteiger partial charge is 0.243 e. The van der Waals surface area contributed by atoms with Crippen molar-refractivity contribution in [1.29, 1.82) is 0 Å². The zero-order valence-corrected chi connectivity index (χ0v) is 20.7. The van der Waals surface area contributed by atoms with Crippen LogP contribution < -0.4 is 10.6 Å². The van der Waals surface area contributed by atoms with E-state index >= 15 is 0 Å². The van der Waals surface area contributed by atoms with E-state index in [1.807, 2.05) is 76.8 Å². The number of nitrogens with zero attached hydrogens (tertiary/aromatic N) is 3. The molecule has 2 aromatic rings. The highest BCUT2D eigenvalue weighted by Crippen LogP contribution is 2.27. The number of hydrogen-bond acceptors (Lipinski definition) is 5. The van der Waals surface area contributed by atoms with Crippen molar-refractivity contribution in [2.24, 2.45) is 12.5 Å². The number of aliphatic hydroxyl groups excluding tert-OH is 1. The number of likely N-dealkylation sites (N-methyl/N-ethyl adjacent to an activating group) is 1. The maximum absolute atomic E-state index is 13.2. The molecule has 1 aromatic heterocycles. The predicted octanol–water partition coefficient (Wildman–Crippen LogP) is 2.17. The predicted molar refractivity (Wildman–Crippen MR) is 128 cm³/mol. The van der Waals surface area contributed by atoms with Gasteiger partial charge in [0.05, 0.1) is 30.1 Å². The molecule has 1 aromatic carbocycles. The third-order valence-electron chi connectivity index (χ3n) is 6.43. The van der Waals surface area contributed by atoms with E-state index in [9.17, 15) is 14.7 Å². The van der Waals surface area contributed by atoms with Gasteiger partial charge in [-0.25, -0.2) is 0 Å². The lowest BCUT2D eigenvalue weighted by atomic mass is 9.86. The van der Waals surface area contributed by atoms with Crippen molar-refractivity contribution in [3.8, 4) is 11.3 Å². The fourth-order valence-corrected chi connectivity index (χ4v) is 4.68. The van der Waals surface area contributed by atoms with E-state index in [0.29, 0.717) is 0 Å². The number of β-amino-alcohol motifs (C(OH)–C–C–N with tert-alkyl or cyclic N) is 1. The molecular formula is C25H37N5O3. The second kappa shape index (κ2) is 9.65. The van der Waals surface area contributed by atoms with Gasteiger partial charge in [0.2, 0.25) is 11.8 Å². The minimum absolute atomic E-state index is 0.162. The fraction of sp³-hybridized carbons (Fsp3) is 0.560. The van der Waals surface area contributed by atoms with Crippen molar-refractivity contribution in [3.05, 3.63) is 41.6 Å². The Labute approximate surface area is 196 Å². The van der Waals surface area contributed by atoms with Crippen LogP contribution in [-0.4, -0.2) is 63.4 Å². The average molecular weight is 456 g/mol. The Bertz CT molecular complexity index is 973. The van der Waals surface area contributed by atoms with Gasteiger partial charge in [0, 0.05) is 25.6 Å². The van der Waals surface area contributed by atoms with Gasteiger partial charge < -0.3 is 20.6 Å². The highest BCUT2D eigenvalue weighted by molar-refractivity contribution is 5.91. The highest BCUT2D eigenvalue weighted by atomic mass is 16.3. The largest absolute Gasteiger partial charge is 0.391 e. The monoisotopic (exact) mass is 455 g/mol. The summed E-state index contributed by atoms with van der Waals surface area (Å²) >= 11 is 0. The van der Waals surface area contributed by atoms with E-state index in [2.05, 4.69) is 15.7 Å². The standard InChI is InChI=1S/C25H37N5O3/c1-15-13-27-29(7)21(15)18-10-8-17(9-11-18)16(2)28-23(32)20-12-19(31)14-30(20)24(33)22(26-6)25(3,4)5/h8-11,13,16,19-20,22,26,31H,12,14H2,1-7H3,(H,28,32)/t16-,19+,20-,22?/m0/s1. The lowest BCUT2D eigenvalue weighted by molar-refractivity contribution is -0.142. The van der Waals surface area contributed by atoms with E-state index < -0.39 is 18.2 Å². The normalized spacial score (nSPS) is 20.5. The van der Waals surface area contributed by atoms with Crippen LogP contribution in [0.15, 0.2) is 30.5 Å². The Kier molecular flexibility index (Phi) is 7.29. The first kappa shape index (κ1) is 24.9. The maximum atomic E-state index is 13.2. The minimum atomic E-state index is -0.709. The van der Waals surface area contributed by atoms with Gasteiger partial charge in [0.1, 0.15) is 6.04 Å². The third-order valence-corrected chi connectivity index (χ3v) is 6.43. The molecule has 0 saturated carbocycles. The summed E-state index contributed by atoms with van der Waals surface area (Å²) < 4.78 is 1.85. The summed E-state index contributed by atoms with van der Waals surface area (Å²) in [5, 5.41) is 20.6. The van der Waals surface area contributed by atoms with E-state index in [4.69, 9.17) is 0 Å². The topological polar surface area (TPSA) is 99.5 Å². The Balaban J connectivity index is 1.72. The Morgan fingerprint density at radius 2 is 1.85 bits per heavy atom. The lowest BCUT2D eigenvalue weighted by Crippen LogP contribution is -2.56. The second-order valence-corrected chi connectivity index (χ2v) is 10.1. The van der Waals surface area contributed by atoms with Gasteiger partial charge in [0.15, 0.2) is 0 Å². The first-order valence-electron chi connectivity index (χ1n) is 11.5. The molecule has 33 heavy (non-hydrogen) atoms. The number of carbonyl (C=O) groups is 2. The summed E-state index contributed by atoms with van der Waals surface area (Å²) in [6.07, 6.45) is 1.37. The molecule has 180 valence electrons. The first-order valence-corrected chi connectivity index (χ1v) is 11.5. The maximum Gasteiger partial charge on any atom is 0.243 e. The average Bonchev–Trinajstić information content (AvgIpc) is 3.29.